The highest BCUT2D eigenvalue weighted by Crippen LogP contribution is 2.28. The second-order valence-corrected chi connectivity index (χ2v) is 7.07. The van der Waals surface area contributed by atoms with Crippen molar-refractivity contribution in [2.24, 2.45) is 0 Å². The number of rotatable bonds is 4. The molecule has 0 bridgehead atoms. The normalized spacial score (nSPS) is 12.9. The van der Waals surface area contributed by atoms with E-state index in [0.29, 0.717) is 10.9 Å². The summed E-state index contributed by atoms with van der Waals surface area (Å²) in [5.41, 5.74) is -0.0203. The highest BCUT2D eigenvalue weighted by atomic mass is 19.1. The van der Waals surface area contributed by atoms with Gasteiger partial charge in [0, 0.05) is 18.0 Å². The van der Waals surface area contributed by atoms with Crippen LogP contribution in [-0.4, -0.2) is 33.9 Å². The lowest BCUT2D eigenvalue weighted by atomic mass is 10.1. The van der Waals surface area contributed by atoms with Crippen molar-refractivity contribution in [2.75, 3.05) is 6.54 Å². The number of nitrogens with one attached hydrogen (secondary N) is 1. The first-order valence-electron chi connectivity index (χ1n) is 8.01. The molecule has 0 spiro atoms. The number of aryl methyl sites for hydroxylation is 1. The minimum absolute atomic E-state index is 0.0296. The molecule has 2 N–H and O–H groups in total. The number of amides is 1. The molecule has 25 heavy (non-hydrogen) atoms. The van der Waals surface area contributed by atoms with Gasteiger partial charge in [0.1, 0.15) is 17.1 Å². The summed E-state index contributed by atoms with van der Waals surface area (Å²) in [6.07, 6.45) is -0.607. The van der Waals surface area contributed by atoms with Gasteiger partial charge in [-0.15, -0.1) is 0 Å². The van der Waals surface area contributed by atoms with Crippen molar-refractivity contribution in [3.63, 3.8) is 0 Å². The fraction of sp³-hybridized carbons (Fsp3) is 0.444. The molecule has 0 saturated carbocycles. The van der Waals surface area contributed by atoms with Crippen molar-refractivity contribution >= 4 is 23.0 Å². The highest BCUT2D eigenvalue weighted by molar-refractivity contribution is 5.95. The molecule has 2 rings (SSSR count). The molecule has 0 aliphatic rings. The second-order valence-electron chi connectivity index (χ2n) is 7.07. The Hall–Kier alpha value is -2.57. The summed E-state index contributed by atoms with van der Waals surface area (Å²) in [4.78, 5) is 23.4. The molecular weight excluding hydrogens is 327 g/mol. The number of carboxylic acids is 1. The van der Waals surface area contributed by atoms with E-state index in [4.69, 9.17) is 4.74 Å². The molecule has 0 unspecified atom stereocenters. The minimum atomic E-state index is -1.16. The van der Waals surface area contributed by atoms with Crippen LogP contribution >= 0.6 is 0 Å². The summed E-state index contributed by atoms with van der Waals surface area (Å²) in [5.74, 6) is -1.62. The van der Waals surface area contributed by atoms with E-state index in [1.54, 1.807) is 46.8 Å². The maximum atomic E-state index is 14.6. The predicted molar refractivity (Wildman–Crippen MR) is 92.5 cm³/mol. The second kappa shape index (κ2) is 6.74. The van der Waals surface area contributed by atoms with Crippen molar-refractivity contribution in [3.8, 4) is 0 Å². The van der Waals surface area contributed by atoms with Crippen molar-refractivity contribution < 1.29 is 23.8 Å². The van der Waals surface area contributed by atoms with E-state index in [2.05, 4.69) is 5.32 Å². The fourth-order valence-electron chi connectivity index (χ4n) is 2.64. The molecule has 0 aliphatic carbocycles. The van der Waals surface area contributed by atoms with Crippen LogP contribution in [0.25, 0.3) is 10.9 Å². The largest absolute Gasteiger partial charge is 0.477 e. The van der Waals surface area contributed by atoms with Crippen molar-refractivity contribution in [3.05, 3.63) is 35.3 Å². The third-order valence-electron chi connectivity index (χ3n) is 3.73. The molecule has 1 heterocycles. The maximum Gasteiger partial charge on any atom is 0.407 e. The van der Waals surface area contributed by atoms with E-state index < -0.39 is 29.5 Å². The summed E-state index contributed by atoms with van der Waals surface area (Å²) in [7, 11) is 0. The standard InChI is InChI=1S/C18H23FN2O4/c1-10-6-7-12-8-13(16(22)23)21(15(12)14(10)19)11(2)9-20-17(24)25-18(3,4)5/h6-8,11H,9H2,1-5H3,(H,20,24)(H,22,23)/t11-/m1/s1. The molecule has 136 valence electrons. The Balaban J connectivity index is 2.35. The molecule has 0 saturated heterocycles. The number of fused-ring (bicyclic) bond motifs is 1. The van der Waals surface area contributed by atoms with Gasteiger partial charge in [0.2, 0.25) is 0 Å². The summed E-state index contributed by atoms with van der Waals surface area (Å²) < 4.78 is 21.2. The van der Waals surface area contributed by atoms with E-state index in [-0.39, 0.29) is 17.8 Å². The molecule has 6 nitrogen and oxygen atoms in total. The number of benzene rings is 1. The van der Waals surface area contributed by atoms with Gasteiger partial charge in [-0.1, -0.05) is 12.1 Å². The molecule has 0 radical (unpaired) electrons. The van der Waals surface area contributed by atoms with Crippen molar-refractivity contribution in [1.82, 2.24) is 9.88 Å². The zero-order chi connectivity index (χ0) is 18.9. The van der Waals surface area contributed by atoms with Crippen LogP contribution in [0, 0.1) is 12.7 Å². The Morgan fingerprint density at radius 1 is 1.36 bits per heavy atom. The zero-order valence-electron chi connectivity index (χ0n) is 15.0. The number of carbonyl (C=O) groups excluding carboxylic acids is 1. The first kappa shape index (κ1) is 18.8. The zero-order valence-corrected chi connectivity index (χ0v) is 15.0. The number of carboxylic acid groups (broad SMARTS) is 1. The number of alkyl carbamates (subject to hydrolysis) is 1. The van der Waals surface area contributed by atoms with Gasteiger partial charge in [0.15, 0.2) is 0 Å². The number of halogens is 1. The number of aromatic carboxylic acids is 1. The van der Waals surface area contributed by atoms with Crippen LogP contribution < -0.4 is 5.32 Å². The summed E-state index contributed by atoms with van der Waals surface area (Å²) in [6.45, 7) is 8.68. The summed E-state index contributed by atoms with van der Waals surface area (Å²) in [6, 6.07) is 4.25. The Morgan fingerprint density at radius 2 is 2.00 bits per heavy atom. The summed E-state index contributed by atoms with van der Waals surface area (Å²) >= 11 is 0. The van der Waals surface area contributed by atoms with Crippen LogP contribution in [0.1, 0.15) is 49.8 Å². The lowest BCUT2D eigenvalue weighted by molar-refractivity contribution is 0.0521. The van der Waals surface area contributed by atoms with E-state index >= 15 is 0 Å². The molecule has 0 aliphatic heterocycles. The van der Waals surface area contributed by atoms with Gasteiger partial charge in [0.05, 0.1) is 5.52 Å². The Labute approximate surface area is 145 Å². The van der Waals surface area contributed by atoms with Gasteiger partial charge in [-0.25, -0.2) is 14.0 Å². The maximum absolute atomic E-state index is 14.6. The van der Waals surface area contributed by atoms with Gasteiger partial charge in [0.25, 0.3) is 0 Å². The SMILES string of the molecule is Cc1ccc2cc(C(=O)O)n([C@H](C)CNC(=O)OC(C)(C)C)c2c1F. The molecule has 2 aromatic rings. The number of ether oxygens (including phenoxy) is 1. The molecular formula is C18H23FN2O4. The lowest BCUT2D eigenvalue weighted by Gasteiger charge is -2.22. The topological polar surface area (TPSA) is 80.6 Å². The van der Waals surface area contributed by atoms with Crippen LogP contribution in [0.5, 0.6) is 0 Å². The Kier molecular flexibility index (Phi) is 5.06. The number of hydrogen-bond donors (Lipinski definition) is 2. The van der Waals surface area contributed by atoms with Gasteiger partial charge in [-0.05, 0) is 46.2 Å². The highest BCUT2D eigenvalue weighted by Gasteiger charge is 2.23. The van der Waals surface area contributed by atoms with Crippen LogP contribution in [0.3, 0.4) is 0 Å². The molecule has 1 atom stereocenters. The molecule has 1 aromatic heterocycles. The average Bonchev–Trinajstić information content (AvgIpc) is 2.87. The van der Waals surface area contributed by atoms with Gasteiger partial charge >= 0.3 is 12.1 Å². The van der Waals surface area contributed by atoms with E-state index in [1.165, 1.54) is 10.6 Å². The van der Waals surface area contributed by atoms with Crippen LogP contribution in [0.4, 0.5) is 9.18 Å². The molecule has 7 heteroatoms. The lowest BCUT2D eigenvalue weighted by Crippen LogP contribution is -2.35. The number of carbonyl (C=O) groups is 2. The molecule has 1 amide bonds. The number of nitrogens with zero attached hydrogens (tertiary/aromatic N) is 1. The van der Waals surface area contributed by atoms with Gasteiger partial charge in [-0.2, -0.15) is 0 Å². The van der Waals surface area contributed by atoms with E-state index in [9.17, 15) is 19.1 Å². The Morgan fingerprint density at radius 3 is 2.56 bits per heavy atom. The average molecular weight is 350 g/mol. The fourth-order valence-corrected chi connectivity index (χ4v) is 2.64. The van der Waals surface area contributed by atoms with Crippen LogP contribution in [0.15, 0.2) is 18.2 Å². The number of hydrogen-bond acceptors (Lipinski definition) is 3. The quantitative estimate of drug-likeness (QED) is 0.877. The van der Waals surface area contributed by atoms with Gasteiger partial charge < -0.3 is 19.7 Å². The Bertz CT molecular complexity index is 821. The summed E-state index contributed by atoms with van der Waals surface area (Å²) in [5, 5.41) is 12.5. The molecule has 1 aromatic carbocycles. The first-order chi connectivity index (χ1) is 11.5. The smallest absolute Gasteiger partial charge is 0.407 e. The molecule has 0 fully saturated rings. The van der Waals surface area contributed by atoms with E-state index in [0.717, 1.165) is 0 Å². The minimum Gasteiger partial charge on any atom is -0.477 e. The van der Waals surface area contributed by atoms with Crippen LogP contribution in [-0.2, 0) is 4.74 Å². The van der Waals surface area contributed by atoms with Gasteiger partial charge in [-0.3, -0.25) is 0 Å². The van der Waals surface area contributed by atoms with Crippen molar-refractivity contribution in [1.29, 1.82) is 0 Å². The monoisotopic (exact) mass is 350 g/mol. The van der Waals surface area contributed by atoms with Crippen LogP contribution in [0.2, 0.25) is 0 Å². The first-order valence-corrected chi connectivity index (χ1v) is 8.01. The van der Waals surface area contributed by atoms with E-state index in [1.807, 2.05) is 0 Å². The number of aromatic nitrogens is 1. The third-order valence-corrected chi connectivity index (χ3v) is 3.73. The predicted octanol–water partition coefficient (Wildman–Crippen LogP) is 3.87. The third kappa shape index (κ3) is 4.10. The van der Waals surface area contributed by atoms with Crippen molar-refractivity contribution in [2.45, 2.75) is 46.3 Å².